The van der Waals surface area contributed by atoms with Crippen LogP contribution in [0.4, 0.5) is 0 Å². The van der Waals surface area contributed by atoms with Crippen LogP contribution in [0.1, 0.15) is 26.5 Å². The van der Waals surface area contributed by atoms with E-state index in [4.69, 9.17) is 9.56 Å². The Balaban J connectivity index is 2.36. The van der Waals surface area contributed by atoms with Crippen molar-refractivity contribution in [2.24, 2.45) is 5.14 Å². The van der Waals surface area contributed by atoms with Crippen molar-refractivity contribution in [2.45, 2.75) is 31.1 Å². The van der Waals surface area contributed by atoms with Gasteiger partial charge in [0, 0.05) is 11.0 Å². The molecule has 5 nitrogen and oxygen atoms in total. The third-order valence-corrected chi connectivity index (χ3v) is 3.60. The van der Waals surface area contributed by atoms with Crippen molar-refractivity contribution in [3.8, 4) is 11.5 Å². The van der Waals surface area contributed by atoms with Gasteiger partial charge in [-0.05, 0) is 24.3 Å². The lowest BCUT2D eigenvalue weighted by Gasteiger charge is -2.13. The maximum atomic E-state index is 11.2. The van der Waals surface area contributed by atoms with Gasteiger partial charge in [-0.1, -0.05) is 20.8 Å². The van der Waals surface area contributed by atoms with E-state index < -0.39 is 10.0 Å². The first-order valence-electron chi connectivity index (χ1n) is 5.77. The lowest BCUT2D eigenvalue weighted by atomic mass is 9.94. The monoisotopic (exact) mass is 280 g/mol. The molecule has 0 atom stereocenters. The van der Waals surface area contributed by atoms with Crippen molar-refractivity contribution >= 4 is 10.0 Å². The molecule has 19 heavy (non-hydrogen) atoms. The molecule has 0 aliphatic rings. The van der Waals surface area contributed by atoms with Crippen LogP contribution in [-0.2, 0) is 15.4 Å². The highest BCUT2D eigenvalue weighted by Gasteiger charge is 2.19. The fraction of sp³-hybridized carbons (Fsp3) is 0.308. The van der Waals surface area contributed by atoms with E-state index >= 15 is 0 Å². The summed E-state index contributed by atoms with van der Waals surface area (Å²) in [6, 6.07) is 6.12. The number of nitrogens with two attached hydrogens (primary N) is 1. The number of primary sulfonamides is 1. The molecule has 2 aromatic rings. The lowest BCUT2D eigenvalue weighted by Crippen LogP contribution is -2.11. The summed E-state index contributed by atoms with van der Waals surface area (Å²) in [4.78, 5) is 4.27. The number of hydrogen-bond acceptors (Lipinski definition) is 4. The third kappa shape index (κ3) is 3.02. The first-order chi connectivity index (χ1) is 8.68. The molecule has 0 saturated carbocycles. The van der Waals surface area contributed by atoms with Gasteiger partial charge in [0.25, 0.3) is 0 Å². The second-order valence-electron chi connectivity index (χ2n) is 5.35. The van der Waals surface area contributed by atoms with E-state index in [0.29, 0.717) is 11.5 Å². The summed E-state index contributed by atoms with van der Waals surface area (Å²) in [6.45, 7) is 6.09. The van der Waals surface area contributed by atoms with E-state index in [1.807, 2.05) is 20.8 Å². The minimum absolute atomic E-state index is 0.0684. The highest BCUT2D eigenvalue weighted by atomic mass is 32.2. The van der Waals surface area contributed by atoms with Crippen LogP contribution >= 0.6 is 0 Å². The molecule has 2 rings (SSSR count). The predicted octanol–water partition coefficient (Wildman–Crippen LogP) is 2.29. The Morgan fingerprint density at radius 1 is 1.16 bits per heavy atom. The fourth-order valence-corrected chi connectivity index (χ4v) is 2.06. The standard InChI is InChI=1S/C13H16N2O3S/c1-13(2,3)11-8-15-12(18-11)9-4-6-10(7-5-9)19(14,16)17/h4-8H,1-3H3,(H2,14,16,17). The summed E-state index contributed by atoms with van der Waals surface area (Å²) in [5.41, 5.74) is 0.592. The number of sulfonamides is 1. The van der Waals surface area contributed by atoms with Gasteiger partial charge >= 0.3 is 0 Å². The molecule has 0 bridgehead atoms. The molecule has 0 aliphatic heterocycles. The third-order valence-electron chi connectivity index (χ3n) is 2.67. The predicted molar refractivity (Wildman–Crippen MR) is 72.0 cm³/mol. The van der Waals surface area contributed by atoms with Crippen LogP contribution < -0.4 is 5.14 Å². The van der Waals surface area contributed by atoms with E-state index in [2.05, 4.69) is 4.98 Å². The summed E-state index contributed by atoms with van der Waals surface area (Å²) in [6.07, 6.45) is 1.68. The maximum absolute atomic E-state index is 11.2. The summed E-state index contributed by atoms with van der Waals surface area (Å²) >= 11 is 0. The van der Waals surface area contributed by atoms with Crippen LogP contribution in [-0.4, -0.2) is 13.4 Å². The molecular formula is C13H16N2O3S. The smallest absolute Gasteiger partial charge is 0.238 e. The molecule has 0 amide bonds. The van der Waals surface area contributed by atoms with Gasteiger partial charge in [0.1, 0.15) is 5.76 Å². The van der Waals surface area contributed by atoms with Gasteiger partial charge in [-0.3, -0.25) is 0 Å². The molecule has 1 heterocycles. The van der Waals surface area contributed by atoms with E-state index in [-0.39, 0.29) is 10.3 Å². The number of oxazole rings is 1. The molecule has 1 aromatic heterocycles. The highest BCUT2D eigenvalue weighted by molar-refractivity contribution is 7.89. The van der Waals surface area contributed by atoms with Gasteiger partial charge in [-0.15, -0.1) is 0 Å². The van der Waals surface area contributed by atoms with E-state index in [1.165, 1.54) is 12.1 Å². The van der Waals surface area contributed by atoms with E-state index in [1.54, 1.807) is 18.3 Å². The minimum Gasteiger partial charge on any atom is -0.441 e. The van der Waals surface area contributed by atoms with Gasteiger partial charge < -0.3 is 4.42 Å². The summed E-state index contributed by atoms with van der Waals surface area (Å²) < 4.78 is 28.0. The van der Waals surface area contributed by atoms with Crippen LogP contribution in [0.5, 0.6) is 0 Å². The van der Waals surface area contributed by atoms with Crippen LogP contribution in [0.25, 0.3) is 11.5 Å². The summed E-state index contributed by atoms with van der Waals surface area (Å²) in [7, 11) is -3.67. The summed E-state index contributed by atoms with van der Waals surface area (Å²) in [5.74, 6) is 1.24. The Kier molecular flexibility index (Phi) is 3.24. The minimum atomic E-state index is -3.67. The average Bonchev–Trinajstić information content (AvgIpc) is 2.77. The number of hydrogen-bond donors (Lipinski definition) is 1. The number of aromatic nitrogens is 1. The van der Waals surface area contributed by atoms with Crippen LogP contribution in [0, 0.1) is 0 Å². The lowest BCUT2D eigenvalue weighted by molar-refractivity contribution is 0.416. The maximum Gasteiger partial charge on any atom is 0.238 e. The Labute approximate surface area is 112 Å². The molecule has 0 radical (unpaired) electrons. The zero-order valence-corrected chi connectivity index (χ0v) is 11.9. The van der Waals surface area contributed by atoms with Crippen molar-refractivity contribution in [1.29, 1.82) is 0 Å². The molecule has 0 fully saturated rings. The second kappa shape index (κ2) is 4.47. The quantitative estimate of drug-likeness (QED) is 0.914. The zero-order valence-electron chi connectivity index (χ0n) is 11.0. The molecule has 0 saturated heterocycles. The molecule has 0 unspecified atom stereocenters. The number of rotatable bonds is 2. The van der Waals surface area contributed by atoms with Crippen molar-refractivity contribution in [2.75, 3.05) is 0 Å². The fourth-order valence-electron chi connectivity index (χ4n) is 1.54. The second-order valence-corrected chi connectivity index (χ2v) is 6.91. The largest absolute Gasteiger partial charge is 0.441 e. The Morgan fingerprint density at radius 3 is 2.16 bits per heavy atom. The molecule has 0 aliphatic carbocycles. The zero-order chi connectivity index (χ0) is 14.3. The first kappa shape index (κ1) is 13.8. The SMILES string of the molecule is CC(C)(C)c1cnc(-c2ccc(S(N)(=O)=O)cc2)o1. The molecule has 1 aromatic carbocycles. The van der Waals surface area contributed by atoms with Crippen molar-refractivity contribution in [1.82, 2.24) is 4.98 Å². The number of nitrogens with zero attached hydrogens (tertiary/aromatic N) is 1. The highest BCUT2D eigenvalue weighted by Crippen LogP contribution is 2.27. The van der Waals surface area contributed by atoms with Crippen molar-refractivity contribution < 1.29 is 12.8 Å². The normalized spacial score (nSPS) is 12.6. The first-order valence-corrected chi connectivity index (χ1v) is 7.32. The Morgan fingerprint density at radius 2 is 1.74 bits per heavy atom. The average molecular weight is 280 g/mol. The van der Waals surface area contributed by atoms with Gasteiger partial charge in [0.05, 0.1) is 11.1 Å². The Bertz CT molecular complexity index is 679. The van der Waals surface area contributed by atoms with E-state index in [0.717, 1.165) is 5.76 Å². The molecule has 2 N–H and O–H groups in total. The Hall–Kier alpha value is -1.66. The van der Waals surface area contributed by atoms with Crippen LogP contribution in [0.15, 0.2) is 39.8 Å². The topological polar surface area (TPSA) is 86.2 Å². The van der Waals surface area contributed by atoms with Crippen molar-refractivity contribution in [3.05, 3.63) is 36.2 Å². The molecular weight excluding hydrogens is 264 g/mol. The van der Waals surface area contributed by atoms with Gasteiger partial charge in [0.2, 0.25) is 15.9 Å². The molecule has 102 valence electrons. The molecule has 6 heteroatoms. The van der Waals surface area contributed by atoms with Gasteiger partial charge in [0.15, 0.2) is 0 Å². The van der Waals surface area contributed by atoms with E-state index in [9.17, 15) is 8.42 Å². The summed E-state index contributed by atoms with van der Waals surface area (Å²) in [5, 5.41) is 5.04. The molecule has 0 spiro atoms. The van der Waals surface area contributed by atoms with Crippen LogP contribution in [0.3, 0.4) is 0 Å². The van der Waals surface area contributed by atoms with Gasteiger partial charge in [-0.25, -0.2) is 18.5 Å². The van der Waals surface area contributed by atoms with Gasteiger partial charge in [-0.2, -0.15) is 0 Å². The van der Waals surface area contributed by atoms with Crippen molar-refractivity contribution in [3.63, 3.8) is 0 Å². The van der Waals surface area contributed by atoms with Crippen LogP contribution in [0.2, 0.25) is 0 Å². The number of benzene rings is 1.